The first-order valence-corrected chi connectivity index (χ1v) is 6.16. The number of benzene rings is 1. The zero-order chi connectivity index (χ0) is 15.3. The zero-order valence-corrected chi connectivity index (χ0v) is 11.3. The van der Waals surface area contributed by atoms with Crippen LogP contribution < -0.4 is 10.6 Å². The maximum Gasteiger partial charge on any atom is 0.405 e. The van der Waals surface area contributed by atoms with Crippen LogP contribution in [0.15, 0.2) is 18.2 Å². The van der Waals surface area contributed by atoms with E-state index in [0.717, 1.165) is 4.90 Å². The largest absolute Gasteiger partial charge is 0.462 e. The number of carbonyl (C=O) groups is 1. The highest BCUT2D eigenvalue weighted by Gasteiger charge is 2.31. The molecular weight excluding hydrogens is 273 g/mol. The summed E-state index contributed by atoms with van der Waals surface area (Å²) in [6.07, 6.45) is -4.34. The summed E-state index contributed by atoms with van der Waals surface area (Å²) in [4.78, 5) is 12.7. The van der Waals surface area contributed by atoms with Crippen LogP contribution in [0.2, 0.25) is 0 Å². The molecule has 0 bridgehead atoms. The Hall–Kier alpha value is -1.92. The average molecular weight is 290 g/mol. The van der Waals surface area contributed by atoms with E-state index in [0.29, 0.717) is 0 Å². The second-order valence-electron chi connectivity index (χ2n) is 4.12. The molecule has 0 fully saturated rings. The predicted octanol–water partition coefficient (Wildman–Crippen LogP) is 2.83. The highest BCUT2D eigenvalue weighted by molar-refractivity contribution is 5.92. The molecular formula is C13H17F3N2O2. The lowest BCUT2D eigenvalue weighted by Crippen LogP contribution is -2.34. The molecule has 0 aliphatic heterocycles. The van der Waals surface area contributed by atoms with E-state index in [-0.39, 0.29) is 30.1 Å². The van der Waals surface area contributed by atoms with Crippen molar-refractivity contribution in [3.8, 4) is 0 Å². The van der Waals surface area contributed by atoms with Crippen LogP contribution in [0, 0.1) is 0 Å². The third kappa shape index (κ3) is 4.32. The van der Waals surface area contributed by atoms with Crippen molar-refractivity contribution < 1.29 is 22.7 Å². The number of carbonyl (C=O) groups excluding carboxylic acids is 1. The molecule has 1 aromatic rings. The molecule has 1 aromatic carbocycles. The van der Waals surface area contributed by atoms with Crippen molar-refractivity contribution in [2.75, 3.05) is 30.3 Å². The fourth-order valence-corrected chi connectivity index (χ4v) is 1.74. The average Bonchev–Trinajstić information content (AvgIpc) is 2.36. The number of nitrogen functional groups attached to an aromatic ring is 1. The summed E-state index contributed by atoms with van der Waals surface area (Å²) in [6.45, 7) is 2.43. The molecule has 0 aliphatic rings. The van der Waals surface area contributed by atoms with Crippen LogP contribution in [0.4, 0.5) is 24.5 Å². The van der Waals surface area contributed by atoms with Gasteiger partial charge in [0.05, 0.1) is 23.5 Å². The minimum atomic E-state index is -4.34. The lowest BCUT2D eigenvalue weighted by Gasteiger charge is -2.26. The Balaban J connectivity index is 3.08. The summed E-state index contributed by atoms with van der Waals surface area (Å²) in [7, 11) is 0. The van der Waals surface area contributed by atoms with Gasteiger partial charge in [0.2, 0.25) is 0 Å². The van der Waals surface area contributed by atoms with Crippen LogP contribution in [-0.2, 0) is 4.74 Å². The van der Waals surface area contributed by atoms with Crippen molar-refractivity contribution in [1.82, 2.24) is 0 Å². The van der Waals surface area contributed by atoms with Crippen molar-refractivity contribution in [3.05, 3.63) is 23.8 Å². The summed E-state index contributed by atoms with van der Waals surface area (Å²) in [5.74, 6) is -0.586. The minimum Gasteiger partial charge on any atom is -0.462 e. The van der Waals surface area contributed by atoms with Gasteiger partial charge in [0.1, 0.15) is 6.54 Å². The molecule has 0 spiro atoms. The number of nitrogens with zero attached hydrogens (tertiary/aromatic N) is 1. The van der Waals surface area contributed by atoms with Crippen LogP contribution in [0.25, 0.3) is 0 Å². The van der Waals surface area contributed by atoms with Gasteiger partial charge >= 0.3 is 12.1 Å². The van der Waals surface area contributed by atoms with Crippen molar-refractivity contribution in [3.63, 3.8) is 0 Å². The zero-order valence-electron chi connectivity index (χ0n) is 11.3. The number of hydrogen-bond acceptors (Lipinski definition) is 4. The van der Waals surface area contributed by atoms with E-state index >= 15 is 0 Å². The lowest BCUT2D eigenvalue weighted by atomic mass is 10.1. The van der Waals surface area contributed by atoms with Gasteiger partial charge in [-0.15, -0.1) is 0 Å². The molecule has 0 heterocycles. The fourth-order valence-electron chi connectivity index (χ4n) is 1.74. The number of hydrogen-bond donors (Lipinski definition) is 1. The first kappa shape index (κ1) is 16.1. The first-order valence-electron chi connectivity index (χ1n) is 6.16. The molecule has 0 amide bonds. The molecule has 0 aromatic heterocycles. The number of anilines is 2. The van der Waals surface area contributed by atoms with E-state index in [1.807, 2.05) is 0 Å². The van der Waals surface area contributed by atoms with Crippen LogP contribution in [0.5, 0.6) is 0 Å². The third-order valence-electron chi connectivity index (χ3n) is 2.63. The second kappa shape index (κ2) is 6.49. The maximum absolute atomic E-state index is 12.5. The Morgan fingerprint density at radius 2 is 2.00 bits per heavy atom. The van der Waals surface area contributed by atoms with E-state index in [2.05, 4.69) is 0 Å². The van der Waals surface area contributed by atoms with Gasteiger partial charge in [-0.05, 0) is 32.0 Å². The van der Waals surface area contributed by atoms with Gasteiger partial charge in [-0.25, -0.2) is 4.79 Å². The quantitative estimate of drug-likeness (QED) is 0.669. The molecule has 0 atom stereocenters. The van der Waals surface area contributed by atoms with E-state index in [1.165, 1.54) is 18.2 Å². The van der Waals surface area contributed by atoms with Crippen LogP contribution >= 0.6 is 0 Å². The second-order valence-corrected chi connectivity index (χ2v) is 4.12. The van der Waals surface area contributed by atoms with Crippen LogP contribution in [0.1, 0.15) is 24.2 Å². The molecule has 0 saturated carbocycles. The Kier molecular flexibility index (Phi) is 5.24. The predicted molar refractivity (Wildman–Crippen MR) is 70.8 cm³/mol. The monoisotopic (exact) mass is 290 g/mol. The standard InChI is InChI=1S/C13H17F3N2O2/c1-3-18(8-13(14,15)16)11-7-9(5-6-10(11)17)12(19)20-4-2/h5-7H,3-4,8,17H2,1-2H3. The van der Waals surface area contributed by atoms with Gasteiger partial charge in [0.15, 0.2) is 0 Å². The van der Waals surface area contributed by atoms with Crippen molar-refractivity contribution in [1.29, 1.82) is 0 Å². The summed E-state index contributed by atoms with van der Waals surface area (Å²) < 4.78 is 42.4. The van der Waals surface area contributed by atoms with Crippen molar-refractivity contribution in [2.24, 2.45) is 0 Å². The molecule has 0 saturated heterocycles. The summed E-state index contributed by atoms with van der Waals surface area (Å²) in [5.41, 5.74) is 6.24. The molecule has 2 N–H and O–H groups in total. The van der Waals surface area contributed by atoms with Crippen molar-refractivity contribution >= 4 is 17.3 Å². The van der Waals surface area contributed by atoms with Crippen molar-refractivity contribution in [2.45, 2.75) is 20.0 Å². The molecule has 4 nitrogen and oxygen atoms in total. The Bertz CT molecular complexity index is 475. The Labute approximate surface area is 115 Å². The van der Waals surface area contributed by atoms with E-state index in [1.54, 1.807) is 13.8 Å². The molecule has 112 valence electrons. The van der Waals surface area contributed by atoms with Crippen LogP contribution in [-0.4, -0.2) is 31.8 Å². The summed E-state index contributed by atoms with van der Waals surface area (Å²) in [5, 5.41) is 0. The van der Waals surface area contributed by atoms with Gasteiger partial charge in [-0.2, -0.15) is 13.2 Å². The topological polar surface area (TPSA) is 55.6 Å². The van der Waals surface area contributed by atoms with Crippen LogP contribution in [0.3, 0.4) is 0 Å². The Morgan fingerprint density at radius 3 is 2.50 bits per heavy atom. The van der Waals surface area contributed by atoms with Gasteiger partial charge in [0, 0.05) is 6.54 Å². The SMILES string of the molecule is CCOC(=O)c1ccc(N)c(N(CC)CC(F)(F)F)c1. The molecule has 7 heteroatoms. The molecule has 1 rings (SSSR count). The highest BCUT2D eigenvalue weighted by Crippen LogP contribution is 2.28. The smallest absolute Gasteiger partial charge is 0.405 e. The normalized spacial score (nSPS) is 11.2. The highest BCUT2D eigenvalue weighted by atomic mass is 19.4. The number of alkyl halides is 3. The lowest BCUT2D eigenvalue weighted by molar-refractivity contribution is -0.119. The van der Waals surface area contributed by atoms with Gasteiger partial charge < -0.3 is 15.4 Å². The number of halogens is 3. The Morgan fingerprint density at radius 1 is 1.35 bits per heavy atom. The number of nitrogens with two attached hydrogens (primary N) is 1. The molecule has 0 aliphatic carbocycles. The molecule has 20 heavy (non-hydrogen) atoms. The first-order chi connectivity index (χ1) is 9.28. The minimum absolute atomic E-state index is 0.121. The van der Waals surface area contributed by atoms with E-state index < -0.39 is 18.7 Å². The molecule has 0 radical (unpaired) electrons. The summed E-state index contributed by atoms with van der Waals surface area (Å²) >= 11 is 0. The van der Waals surface area contributed by atoms with Gasteiger partial charge in [0.25, 0.3) is 0 Å². The number of ether oxygens (including phenoxy) is 1. The summed E-state index contributed by atoms with van der Waals surface area (Å²) in [6, 6.07) is 4.15. The van der Waals surface area contributed by atoms with E-state index in [9.17, 15) is 18.0 Å². The van der Waals surface area contributed by atoms with Gasteiger partial charge in [-0.3, -0.25) is 0 Å². The third-order valence-corrected chi connectivity index (χ3v) is 2.63. The van der Waals surface area contributed by atoms with E-state index in [4.69, 9.17) is 10.5 Å². The molecule has 0 unspecified atom stereocenters. The number of esters is 1. The van der Waals surface area contributed by atoms with Gasteiger partial charge in [-0.1, -0.05) is 0 Å². The maximum atomic E-state index is 12.5. The fraction of sp³-hybridized carbons (Fsp3) is 0.462. The number of rotatable bonds is 5.